The fourth-order valence-corrected chi connectivity index (χ4v) is 3.30. The normalized spacial score (nSPS) is 12.3. The lowest BCUT2D eigenvalue weighted by Gasteiger charge is -2.14. The van der Waals surface area contributed by atoms with Crippen LogP contribution in [0.1, 0.15) is 41.4 Å². The zero-order chi connectivity index (χ0) is 23.5. The van der Waals surface area contributed by atoms with Crippen molar-refractivity contribution in [1.82, 2.24) is 0 Å². The second-order valence-electron chi connectivity index (χ2n) is 7.10. The van der Waals surface area contributed by atoms with Crippen LogP contribution in [0, 0.1) is 0 Å². The molecule has 4 rings (SSSR count). The van der Waals surface area contributed by atoms with Crippen molar-refractivity contribution in [3.05, 3.63) is 95.1 Å². The fraction of sp³-hybridized carbons (Fsp3) is 0.0417. The average molecular weight is 443 g/mol. The number of imide groups is 1. The molecule has 1 aliphatic rings. The number of amides is 4. The van der Waals surface area contributed by atoms with Gasteiger partial charge in [0.25, 0.3) is 17.7 Å². The van der Waals surface area contributed by atoms with Crippen molar-refractivity contribution in [2.24, 2.45) is 5.73 Å². The van der Waals surface area contributed by atoms with E-state index in [0.29, 0.717) is 28.1 Å². The molecular weight excluding hydrogens is 426 g/mol. The summed E-state index contributed by atoms with van der Waals surface area (Å²) in [4.78, 5) is 61.5. The lowest BCUT2D eigenvalue weighted by Crippen LogP contribution is -2.29. The van der Waals surface area contributed by atoms with Crippen LogP contribution in [-0.2, 0) is 9.53 Å². The number of nitrogens with one attached hydrogen (secondary N) is 1. The van der Waals surface area contributed by atoms with E-state index in [-0.39, 0.29) is 5.56 Å². The van der Waals surface area contributed by atoms with Gasteiger partial charge in [0.05, 0.1) is 22.4 Å². The monoisotopic (exact) mass is 443 g/mol. The van der Waals surface area contributed by atoms with Gasteiger partial charge in [0.15, 0.2) is 6.61 Å². The molecule has 4 amide bonds. The van der Waals surface area contributed by atoms with Gasteiger partial charge in [-0.3, -0.25) is 19.2 Å². The summed E-state index contributed by atoms with van der Waals surface area (Å²) >= 11 is 0. The number of rotatable bonds is 6. The predicted molar refractivity (Wildman–Crippen MR) is 118 cm³/mol. The largest absolute Gasteiger partial charge is 0.452 e. The smallest absolute Gasteiger partial charge is 0.338 e. The van der Waals surface area contributed by atoms with Crippen LogP contribution < -0.4 is 16.0 Å². The molecule has 0 unspecified atom stereocenters. The number of fused-ring (bicyclic) bond motifs is 1. The molecule has 1 aliphatic heterocycles. The molecule has 9 nitrogen and oxygen atoms in total. The molecule has 3 aromatic carbocycles. The number of primary amides is 1. The van der Waals surface area contributed by atoms with E-state index < -0.39 is 36.2 Å². The number of carbonyl (C=O) groups is 5. The lowest BCUT2D eigenvalue weighted by molar-refractivity contribution is -0.119. The van der Waals surface area contributed by atoms with Gasteiger partial charge in [0, 0.05) is 11.3 Å². The van der Waals surface area contributed by atoms with E-state index in [0.717, 1.165) is 4.90 Å². The molecule has 0 spiro atoms. The number of benzene rings is 3. The molecule has 0 radical (unpaired) electrons. The molecule has 0 aromatic heterocycles. The fourth-order valence-electron chi connectivity index (χ4n) is 3.30. The highest BCUT2D eigenvalue weighted by Crippen LogP contribution is 2.28. The summed E-state index contributed by atoms with van der Waals surface area (Å²) in [5.74, 6) is -2.78. The maximum Gasteiger partial charge on any atom is 0.338 e. The Kier molecular flexibility index (Phi) is 5.69. The van der Waals surface area contributed by atoms with Gasteiger partial charge < -0.3 is 15.8 Å². The molecule has 0 aliphatic carbocycles. The minimum absolute atomic E-state index is 0.147. The van der Waals surface area contributed by atoms with Crippen molar-refractivity contribution in [1.29, 1.82) is 0 Å². The van der Waals surface area contributed by atoms with E-state index in [1.165, 1.54) is 48.5 Å². The first-order valence-corrected chi connectivity index (χ1v) is 9.80. The minimum Gasteiger partial charge on any atom is -0.452 e. The number of nitrogens with zero attached hydrogens (tertiary/aromatic N) is 1. The van der Waals surface area contributed by atoms with Gasteiger partial charge >= 0.3 is 5.97 Å². The van der Waals surface area contributed by atoms with Crippen LogP contribution >= 0.6 is 0 Å². The van der Waals surface area contributed by atoms with Crippen molar-refractivity contribution in [2.75, 3.05) is 16.8 Å². The van der Waals surface area contributed by atoms with Gasteiger partial charge in [-0.05, 0) is 60.7 Å². The van der Waals surface area contributed by atoms with Crippen molar-refractivity contribution in [3.63, 3.8) is 0 Å². The quantitative estimate of drug-likeness (QED) is 0.443. The molecule has 0 saturated heterocycles. The average Bonchev–Trinajstić information content (AvgIpc) is 3.08. The van der Waals surface area contributed by atoms with E-state index >= 15 is 0 Å². The van der Waals surface area contributed by atoms with E-state index in [2.05, 4.69) is 5.32 Å². The maximum absolute atomic E-state index is 12.6. The molecule has 0 atom stereocenters. The molecule has 3 aromatic rings. The number of esters is 1. The van der Waals surface area contributed by atoms with Crippen LogP contribution in [0.4, 0.5) is 11.4 Å². The number of ether oxygens (including phenoxy) is 1. The Hall–Kier alpha value is -4.79. The number of hydrogen-bond donors (Lipinski definition) is 2. The third kappa shape index (κ3) is 4.33. The van der Waals surface area contributed by atoms with E-state index in [1.807, 2.05) is 0 Å². The highest BCUT2D eigenvalue weighted by Gasteiger charge is 2.36. The van der Waals surface area contributed by atoms with Crippen LogP contribution in [0.5, 0.6) is 0 Å². The van der Waals surface area contributed by atoms with Crippen LogP contribution in [0.3, 0.4) is 0 Å². The highest BCUT2D eigenvalue weighted by molar-refractivity contribution is 6.34. The van der Waals surface area contributed by atoms with Gasteiger partial charge in [-0.25, -0.2) is 9.69 Å². The summed E-state index contributed by atoms with van der Waals surface area (Å²) in [5.41, 5.74) is 6.97. The van der Waals surface area contributed by atoms with E-state index in [9.17, 15) is 24.0 Å². The molecule has 0 bridgehead atoms. The van der Waals surface area contributed by atoms with Crippen LogP contribution in [0.25, 0.3) is 0 Å². The predicted octanol–water partition coefficient (Wildman–Crippen LogP) is 2.38. The summed E-state index contributed by atoms with van der Waals surface area (Å²) in [7, 11) is 0. The van der Waals surface area contributed by atoms with Gasteiger partial charge in [0.2, 0.25) is 5.91 Å². The summed E-state index contributed by atoms with van der Waals surface area (Å²) in [6, 6.07) is 18.2. The Morgan fingerprint density at radius 3 is 1.88 bits per heavy atom. The molecule has 1 heterocycles. The molecule has 0 fully saturated rings. The number of anilines is 2. The summed E-state index contributed by atoms with van der Waals surface area (Å²) in [6.07, 6.45) is 0. The van der Waals surface area contributed by atoms with Crippen LogP contribution in [-0.4, -0.2) is 36.2 Å². The Bertz CT molecular complexity index is 1250. The lowest BCUT2D eigenvalue weighted by atomic mass is 10.1. The van der Waals surface area contributed by atoms with E-state index in [4.69, 9.17) is 10.5 Å². The topological polar surface area (TPSA) is 136 Å². The molecule has 3 N–H and O–H groups in total. The van der Waals surface area contributed by atoms with Crippen LogP contribution in [0.15, 0.2) is 72.8 Å². The Balaban J connectivity index is 1.35. The standard InChI is InChI=1S/C24H17N3O6/c25-21(29)14-5-9-16(10-6-14)26-20(28)13-33-24(32)15-7-11-17(12-8-15)27-22(30)18-3-1-2-4-19(18)23(27)31/h1-12H,13H2,(H2,25,29)(H,26,28). The molecular formula is C24H17N3O6. The molecule has 9 heteroatoms. The van der Waals surface area contributed by atoms with Gasteiger partial charge in [-0.2, -0.15) is 0 Å². The Labute approximate surface area is 187 Å². The minimum atomic E-state index is -0.747. The van der Waals surface area contributed by atoms with Gasteiger partial charge in [0.1, 0.15) is 0 Å². The molecule has 33 heavy (non-hydrogen) atoms. The number of carbonyl (C=O) groups excluding carboxylic acids is 5. The van der Waals surface area contributed by atoms with Crippen molar-refractivity contribution in [3.8, 4) is 0 Å². The van der Waals surface area contributed by atoms with E-state index in [1.54, 1.807) is 24.3 Å². The van der Waals surface area contributed by atoms with Crippen molar-refractivity contribution >= 4 is 41.0 Å². The maximum atomic E-state index is 12.6. The summed E-state index contributed by atoms with van der Waals surface area (Å²) in [5, 5.41) is 2.53. The second-order valence-corrected chi connectivity index (χ2v) is 7.10. The van der Waals surface area contributed by atoms with Gasteiger partial charge in [-0.1, -0.05) is 12.1 Å². The van der Waals surface area contributed by atoms with Gasteiger partial charge in [-0.15, -0.1) is 0 Å². The highest BCUT2D eigenvalue weighted by atomic mass is 16.5. The number of nitrogens with two attached hydrogens (primary N) is 1. The first-order chi connectivity index (χ1) is 15.8. The van der Waals surface area contributed by atoms with Crippen molar-refractivity contribution in [2.45, 2.75) is 0 Å². The van der Waals surface area contributed by atoms with Crippen molar-refractivity contribution < 1.29 is 28.7 Å². The number of hydrogen-bond acceptors (Lipinski definition) is 6. The first-order valence-electron chi connectivity index (χ1n) is 9.80. The van der Waals surface area contributed by atoms with Crippen LogP contribution in [0.2, 0.25) is 0 Å². The SMILES string of the molecule is NC(=O)c1ccc(NC(=O)COC(=O)c2ccc(N3C(=O)c4ccccc4C3=O)cc2)cc1. The second kappa shape index (κ2) is 8.75. The Morgan fingerprint density at radius 2 is 1.33 bits per heavy atom. The Morgan fingerprint density at radius 1 is 0.788 bits per heavy atom. The summed E-state index contributed by atoms with van der Waals surface area (Å²) < 4.78 is 5.01. The third-order valence-electron chi connectivity index (χ3n) is 4.94. The first kappa shape index (κ1) is 21.4. The molecule has 164 valence electrons. The molecule has 0 saturated carbocycles. The zero-order valence-electron chi connectivity index (χ0n) is 17.1. The summed E-state index contributed by atoms with van der Waals surface area (Å²) in [6.45, 7) is -0.531. The zero-order valence-corrected chi connectivity index (χ0v) is 17.1. The third-order valence-corrected chi connectivity index (χ3v) is 4.94.